The van der Waals surface area contributed by atoms with Gasteiger partial charge >= 0.3 is 5.97 Å². The summed E-state index contributed by atoms with van der Waals surface area (Å²) in [5, 5.41) is 20.4. The Bertz CT molecular complexity index is 493. The summed E-state index contributed by atoms with van der Waals surface area (Å²) >= 11 is 5.82. The lowest BCUT2D eigenvalue weighted by molar-refractivity contribution is -0.385. The molecule has 104 valence electrons. The Morgan fingerprint density at radius 3 is 2.68 bits per heavy atom. The predicted molar refractivity (Wildman–Crippen MR) is 71.3 cm³/mol. The molecule has 0 aliphatic carbocycles. The van der Waals surface area contributed by atoms with E-state index in [2.05, 4.69) is 0 Å². The number of nitro benzene ring substituents is 1. The molecule has 1 atom stereocenters. The van der Waals surface area contributed by atoms with Crippen LogP contribution >= 0.6 is 11.6 Å². The predicted octanol–water partition coefficient (Wildman–Crippen LogP) is 2.54. The average molecular weight is 287 g/mol. The van der Waals surface area contributed by atoms with Crippen LogP contribution in [0.2, 0.25) is 5.02 Å². The van der Waals surface area contributed by atoms with Crippen molar-refractivity contribution in [3.05, 3.63) is 38.9 Å². The van der Waals surface area contributed by atoms with Crippen LogP contribution in [-0.2, 0) is 11.3 Å². The quantitative estimate of drug-likeness (QED) is 0.642. The molecule has 0 radical (unpaired) electrons. The second-order valence-corrected chi connectivity index (χ2v) is 4.64. The first-order valence-corrected chi connectivity index (χ1v) is 6.10. The number of carboxylic acid groups (broad SMARTS) is 1. The average Bonchev–Trinajstić information content (AvgIpc) is 2.28. The molecule has 6 nitrogen and oxygen atoms in total. The van der Waals surface area contributed by atoms with Gasteiger partial charge in [-0.05, 0) is 25.6 Å². The number of halogens is 1. The normalized spacial score (nSPS) is 12.4. The molecule has 1 rings (SSSR count). The number of nitrogens with zero attached hydrogens (tertiary/aromatic N) is 2. The van der Waals surface area contributed by atoms with Crippen LogP contribution in [0.3, 0.4) is 0 Å². The third-order valence-electron chi connectivity index (χ3n) is 2.86. The summed E-state index contributed by atoms with van der Waals surface area (Å²) in [5.74, 6) is -0.949. The zero-order valence-electron chi connectivity index (χ0n) is 10.7. The number of nitro groups is 1. The zero-order valence-corrected chi connectivity index (χ0v) is 11.4. The molecule has 19 heavy (non-hydrogen) atoms. The Morgan fingerprint density at radius 2 is 2.21 bits per heavy atom. The maximum absolute atomic E-state index is 11.0. The standard InChI is InChI=1S/C12H15ClN2O4/c1-3-10(12(16)17)14(2)7-8-6-9(13)4-5-11(8)15(18)19/h4-6,10H,3,7H2,1-2H3,(H,16,17). The summed E-state index contributed by atoms with van der Waals surface area (Å²) in [4.78, 5) is 23.0. The molecule has 0 saturated carbocycles. The lowest BCUT2D eigenvalue weighted by Gasteiger charge is -2.23. The number of rotatable bonds is 6. The summed E-state index contributed by atoms with van der Waals surface area (Å²) in [6, 6.07) is 3.58. The molecule has 1 aromatic rings. The molecule has 0 heterocycles. The van der Waals surface area contributed by atoms with Crippen molar-refractivity contribution in [2.75, 3.05) is 7.05 Å². The first-order valence-electron chi connectivity index (χ1n) is 5.72. The molecule has 1 aromatic carbocycles. The van der Waals surface area contributed by atoms with E-state index in [-0.39, 0.29) is 12.2 Å². The van der Waals surface area contributed by atoms with E-state index >= 15 is 0 Å². The SMILES string of the molecule is CCC(C(=O)O)N(C)Cc1cc(Cl)ccc1[N+](=O)[O-]. The highest BCUT2D eigenvalue weighted by atomic mass is 35.5. The van der Waals surface area contributed by atoms with Gasteiger partial charge in [0.25, 0.3) is 5.69 Å². The third-order valence-corrected chi connectivity index (χ3v) is 3.10. The minimum absolute atomic E-state index is 0.0588. The van der Waals surface area contributed by atoms with Gasteiger partial charge in [-0.15, -0.1) is 0 Å². The second kappa shape index (κ2) is 6.49. The van der Waals surface area contributed by atoms with Crippen molar-refractivity contribution in [3.63, 3.8) is 0 Å². The highest BCUT2D eigenvalue weighted by Gasteiger charge is 2.23. The second-order valence-electron chi connectivity index (χ2n) is 4.21. The van der Waals surface area contributed by atoms with E-state index in [1.807, 2.05) is 0 Å². The van der Waals surface area contributed by atoms with Crippen molar-refractivity contribution in [1.29, 1.82) is 0 Å². The Hall–Kier alpha value is -1.66. The van der Waals surface area contributed by atoms with Crippen molar-refractivity contribution in [2.24, 2.45) is 0 Å². The lowest BCUT2D eigenvalue weighted by Crippen LogP contribution is -2.37. The number of carbonyl (C=O) groups is 1. The van der Waals surface area contributed by atoms with Gasteiger partial charge < -0.3 is 5.11 Å². The van der Waals surface area contributed by atoms with Gasteiger partial charge in [0, 0.05) is 23.2 Å². The molecular weight excluding hydrogens is 272 g/mol. The number of carboxylic acids is 1. The molecular formula is C12H15ClN2O4. The Kier molecular flexibility index (Phi) is 5.26. The summed E-state index contributed by atoms with van der Waals surface area (Å²) < 4.78 is 0. The fourth-order valence-corrected chi connectivity index (χ4v) is 2.11. The van der Waals surface area contributed by atoms with Gasteiger partial charge in [0.15, 0.2) is 0 Å². The van der Waals surface area contributed by atoms with Crippen LogP contribution in [-0.4, -0.2) is 34.0 Å². The van der Waals surface area contributed by atoms with Crippen molar-refractivity contribution in [1.82, 2.24) is 4.90 Å². The van der Waals surface area contributed by atoms with E-state index in [0.717, 1.165) is 0 Å². The molecule has 0 spiro atoms. The van der Waals surface area contributed by atoms with Crippen LogP contribution in [0.1, 0.15) is 18.9 Å². The minimum atomic E-state index is -0.949. The van der Waals surface area contributed by atoms with Crippen LogP contribution < -0.4 is 0 Å². The Morgan fingerprint density at radius 1 is 1.58 bits per heavy atom. The molecule has 0 fully saturated rings. The van der Waals surface area contributed by atoms with Crippen molar-refractivity contribution in [2.45, 2.75) is 25.9 Å². The van der Waals surface area contributed by atoms with Gasteiger partial charge in [0.2, 0.25) is 0 Å². The maximum Gasteiger partial charge on any atom is 0.320 e. The minimum Gasteiger partial charge on any atom is -0.480 e. The van der Waals surface area contributed by atoms with E-state index in [9.17, 15) is 14.9 Å². The molecule has 0 saturated heterocycles. The molecule has 7 heteroatoms. The van der Waals surface area contributed by atoms with Gasteiger partial charge in [0.05, 0.1) is 4.92 Å². The van der Waals surface area contributed by atoms with Crippen LogP contribution in [0.25, 0.3) is 0 Å². The zero-order chi connectivity index (χ0) is 14.6. The van der Waals surface area contributed by atoms with Gasteiger partial charge in [-0.25, -0.2) is 0 Å². The number of aliphatic carboxylic acids is 1. The van der Waals surface area contributed by atoms with E-state index in [0.29, 0.717) is 17.0 Å². The summed E-state index contributed by atoms with van der Waals surface area (Å²) in [6.45, 7) is 1.91. The molecule has 0 aromatic heterocycles. The number of hydrogen-bond donors (Lipinski definition) is 1. The van der Waals surface area contributed by atoms with Gasteiger partial charge in [-0.2, -0.15) is 0 Å². The van der Waals surface area contributed by atoms with Crippen molar-refractivity contribution >= 4 is 23.3 Å². The van der Waals surface area contributed by atoms with Crippen LogP contribution in [0.4, 0.5) is 5.69 Å². The molecule has 1 unspecified atom stereocenters. The van der Waals surface area contributed by atoms with E-state index in [4.69, 9.17) is 16.7 Å². The number of likely N-dealkylation sites (N-methyl/N-ethyl adjacent to an activating group) is 1. The molecule has 1 N–H and O–H groups in total. The smallest absolute Gasteiger partial charge is 0.320 e. The molecule has 0 aliphatic heterocycles. The van der Waals surface area contributed by atoms with Crippen molar-refractivity contribution < 1.29 is 14.8 Å². The van der Waals surface area contributed by atoms with E-state index in [1.54, 1.807) is 18.9 Å². The van der Waals surface area contributed by atoms with E-state index in [1.165, 1.54) is 18.2 Å². The topological polar surface area (TPSA) is 83.7 Å². The fourth-order valence-electron chi connectivity index (χ4n) is 1.91. The van der Waals surface area contributed by atoms with Crippen LogP contribution in [0, 0.1) is 10.1 Å². The maximum atomic E-state index is 11.0. The fraction of sp³-hybridized carbons (Fsp3) is 0.417. The third kappa shape index (κ3) is 3.90. The van der Waals surface area contributed by atoms with Gasteiger partial charge in [-0.1, -0.05) is 18.5 Å². The first-order chi connectivity index (χ1) is 8.86. The lowest BCUT2D eigenvalue weighted by atomic mass is 10.1. The molecule has 0 aliphatic rings. The van der Waals surface area contributed by atoms with Gasteiger partial charge in [-0.3, -0.25) is 19.8 Å². The number of benzene rings is 1. The van der Waals surface area contributed by atoms with Crippen molar-refractivity contribution in [3.8, 4) is 0 Å². The summed E-state index contributed by atoms with van der Waals surface area (Å²) in [7, 11) is 1.62. The highest BCUT2D eigenvalue weighted by molar-refractivity contribution is 6.30. The van der Waals surface area contributed by atoms with E-state index < -0.39 is 16.9 Å². The monoisotopic (exact) mass is 286 g/mol. The largest absolute Gasteiger partial charge is 0.480 e. The highest BCUT2D eigenvalue weighted by Crippen LogP contribution is 2.24. The van der Waals surface area contributed by atoms with Crippen LogP contribution in [0.5, 0.6) is 0 Å². The Balaban J connectivity index is 3.01. The Labute approximate surface area is 115 Å². The molecule has 0 amide bonds. The van der Waals surface area contributed by atoms with Gasteiger partial charge in [0.1, 0.15) is 6.04 Å². The first kappa shape index (κ1) is 15.4. The summed E-state index contributed by atoms with van der Waals surface area (Å²) in [5.41, 5.74) is 0.344. The number of hydrogen-bond acceptors (Lipinski definition) is 4. The summed E-state index contributed by atoms with van der Waals surface area (Å²) in [6.07, 6.45) is 0.417. The van der Waals surface area contributed by atoms with Crippen LogP contribution in [0.15, 0.2) is 18.2 Å². The molecule has 0 bridgehead atoms.